The average Bonchev–Trinajstić information content (AvgIpc) is 2.35. The number of rotatable bonds is 1. The van der Waals surface area contributed by atoms with E-state index in [1.807, 2.05) is 0 Å². The van der Waals surface area contributed by atoms with Crippen molar-refractivity contribution in [2.45, 2.75) is 13.1 Å². The van der Waals surface area contributed by atoms with Crippen LogP contribution in [0.2, 0.25) is 13.1 Å². The monoisotopic (exact) mass is 236 g/mol. The summed E-state index contributed by atoms with van der Waals surface area (Å²) < 4.78 is 0. The van der Waals surface area contributed by atoms with E-state index in [1.165, 1.54) is 21.5 Å². The Morgan fingerprint density at radius 2 is 1.18 bits per heavy atom. The minimum Gasteiger partial charge on any atom is -0.0682 e. The number of benzene rings is 3. The van der Waals surface area contributed by atoms with Crippen LogP contribution in [-0.4, -0.2) is 8.80 Å². The highest BCUT2D eigenvalue weighted by Gasteiger charge is 2.10. The van der Waals surface area contributed by atoms with Gasteiger partial charge in [0.25, 0.3) is 0 Å². The highest BCUT2D eigenvalue weighted by molar-refractivity contribution is 6.75. The molecule has 0 radical (unpaired) electrons. The van der Waals surface area contributed by atoms with Gasteiger partial charge >= 0.3 is 0 Å². The molecule has 0 aliphatic carbocycles. The molecule has 17 heavy (non-hydrogen) atoms. The van der Waals surface area contributed by atoms with Gasteiger partial charge in [-0.1, -0.05) is 61.6 Å². The molecule has 0 heterocycles. The SMILES string of the molecule is C[SiH](C)c1c2ccccc2cc2ccccc12. The Balaban J connectivity index is 2.56. The van der Waals surface area contributed by atoms with Gasteiger partial charge in [0, 0.05) is 0 Å². The minimum absolute atomic E-state index is 0.829. The maximum atomic E-state index is 2.41. The highest BCUT2D eigenvalue weighted by Crippen LogP contribution is 2.21. The molecule has 3 aromatic carbocycles. The first-order valence-electron chi connectivity index (χ1n) is 6.18. The lowest BCUT2D eigenvalue weighted by molar-refractivity contribution is 1.77. The van der Waals surface area contributed by atoms with Gasteiger partial charge in [-0.25, -0.2) is 0 Å². The van der Waals surface area contributed by atoms with Crippen LogP contribution >= 0.6 is 0 Å². The van der Waals surface area contributed by atoms with Crippen LogP contribution in [-0.2, 0) is 0 Å². The van der Waals surface area contributed by atoms with E-state index in [-0.39, 0.29) is 0 Å². The van der Waals surface area contributed by atoms with Gasteiger partial charge in [0.05, 0.1) is 8.80 Å². The first-order chi connectivity index (χ1) is 8.27. The van der Waals surface area contributed by atoms with Crippen molar-refractivity contribution in [3.8, 4) is 0 Å². The Bertz CT molecular complexity index is 629. The van der Waals surface area contributed by atoms with Crippen molar-refractivity contribution in [2.24, 2.45) is 0 Å². The smallest absolute Gasteiger partial charge is 0.0663 e. The second-order valence-corrected chi connectivity index (χ2v) is 7.77. The fourth-order valence-corrected chi connectivity index (χ4v) is 4.44. The Kier molecular flexibility index (Phi) is 2.48. The first kappa shape index (κ1) is 10.5. The van der Waals surface area contributed by atoms with E-state index in [0.717, 1.165) is 0 Å². The molecule has 0 bridgehead atoms. The number of hydrogen-bond donors (Lipinski definition) is 0. The van der Waals surface area contributed by atoms with Gasteiger partial charge in [-0.05, 0) is 32.8 Å². The zero-order chi connectivity index (χ0) is 11.8. The van der Waals surface area contributed by atoms with Crippen molar-refractivity contribution in [2.75, 3.05) is 0 Å². The van der Waals surface area contributed by atoms with Crippen LogP contribution in [0.15, 0.2) is 54.6 Å². The summed E-state index contributed by atoms with van der Waals surface area (Å²) in [6.45, 7) is 4.82. The fraction of sp³-hybridized carbons (Fsp3) is 0.125. The lowest BCUT2D eigenvalue weighted by Crippen LogP contribution is -2.24. The van der Waals surface area contributed by atoms with E-state index in [4.69, 9.17) is 0 Å². The Morgan fingerprint density at radius 3 is 1.65 bits per heavy atom. The molecule has 0 saturated heterocycles. The molecule has 0 saturated carbocycles. The normalized spacial score (nSPS) is 11.5. The molecule has 0 nitrogen and oxygen atoms in total. The van der Waals surface area contributed by atoms with Gasteiger partial charge in [-0.2, -0.15) is 0 Å². The molecular formula is C16H16Si. The molecule has 0 atom stereocenters. The van der Waals surface area contributed by atoms with Crippen LogP contribution in [0.3, 0.4) is 0 Å². The van der Waals surface area contributed by atoms with Crippen LogP contribution < -0.4 is 5.19 Å². The van der Waals surface area contributed by atoms with Crippen LogP contribution in [0, 0.1) is 0 Å². The molecule has 84 valence electrons. The predicted molar refractivity (Wildman–Crippen MR) is 80.0 cm³/mol. The van der Waals surface area contributed by atoms with Crippen LogP contribution in [0.4, 0.5) is 0 Å². The van der Waals surface area contributed by atoms with E-state index >= 15 is 0 Å². The maximum absolute atomic E-state index is 2.41. The van der Waals surface area contributed by atoms with Crippen LogP contribution in [0.1, 0.15) is 0 Å². The third kappa shape index (κ3) is 1.67. The number of hydrogen-bond acceptors (Lipinski definition) is 0. The summed E-state index contributed by atoms with van der Waals surface area (Å²) in [5.41, 5.74) is 0. The van der Waals surface area contributed by atoms with E-state index < -0.39 is 8.80 Å². The Hall–Kier alpha value is -1.60. The topological polar surface area (TPSA) is 0 Å². The predicted octanol–water partition coefficient (Wildman–Crippen LogP) is 3.69. The zero-order valence-corrected chi connectivity index (χ0v) is 11.4. The fourth-order valence-electron chi connectivity index (χ4n) is 2.67. The molecule has 0 aliphatic heterocycles. The molecule has 0 aliphatic rings. The standard InChI is InChI=1S/C16H16Si/c1-17(2)16-14-9-5-3-7-12(14)11-13-8-4-6-10-15(13)16/h3-11,17H,1-2H3. The van der Waals surface area contributed by atoms with Crippen molar-refractivity contribution < 1.29 is 0 Å². The molecule has 0 amide bonds. The quantitative estimate of drug-likeness (QED) is 0.446. The molecular weight excluding hydrogens is 220 g/mol. The van der Waals surface area contributed by atoms with Crippen molar-refractivity contribution in [3.63, 3.8) is 0 Å². The number of fused-ring (bicyclic) bond motifs is 2. The van der Waals surface area contributed by atoms with Crippen LogP contribution in [0.5, 0.6) is 0 Å². The summed E-state index contributed by atoms with van der Waals surface area (Å²) in [5, 5.41) is 7.27. The van der Waals surface area contributed by atoms with E-state index in [0.29, 0.717) is 0 Å². The molecule has 3 rings (SSSR count). The second kappa shape index (κ2) is 4.01. The molecule has 1 heteroatoms. The summed E-state index contributed by atoms with van der Waals surface area (Å²) in [7, 11) is -0.829. The summed E-state index contributed by atoms with van der Waals surface area (Å²) in [5.74, 6) is 0. The summed E-state index contributed by atoms with van der Waals surface area (Å²) in [4.78, 5) is 0. The molecule has 0 spiro atoms. The van der Waals surface area contributed by atoms with E-state index in [2.05, 4.69) is 67.7 Å². The van der Waals surface area contributed by atoms with Gasteiger partial charge in [-0.3, -0.25) is 0 Å². The van der Waals surface area contributed by atoms with Gasteiger partial charge in [0.1, 0.15) is 0 Å². The van der Waals surface area contributed by atoms with Crippen molar-refractivity contribution in [1.29, 1.82) is 0 Å². The van der Waals surface area contributed by atoms with Gasteiger partial charge in [-0.15, -0.1) is 0 Å². The van der Waals surface area contributed by atoms with Crippen molar-refractivity contribution >= 4 is 35.5 Å². The third-order valence-corrected chi connectivity index (χ3v) is 5.17. The van der Waals surface area contributed by atoms with Gasteiger partial charge in [0.2, 0.25) is 0 Å². The molecule has 0 fully saturated rings. The zero-order valence-electron chi connectivity index (χ0n) is 10.3. The van der Waals surface area contributed by atoms with Crippen molar-refractivity contribution in [3.05, 3.63) is 54.6 Å². The second-order valence-electron chi connectivity index (χ2n) is 4.89. The minimum atomic E-state index is -0.829. The lowest BCUT2D eigenvalue weighted by atomic mass is 10.0. The molecule has 0 N–H and O–H groups in total. The van der Waals surface area contributed by atoms with E-state index in [1.54, 1.807) is 5.19 Å². The van der Waals surface area contributed by atoms with Crippen molar-refractivity contribution in [1.82, 2.24) is 0 Å². The third-order valence-electron chi connectivity index (χ3n) is 3.39. The Morgan fingerprint density at radius 1 is 0.706 bits per heavy atom. The summed E-state index contributed by atoms with van der Waals surface area (Å²) in [6.07, 6.45) is 0. The van der Waals surface area contributed by atoms with E-state index in [9.17, 15) is 0 Å². The van der Waals surface area contributed by atoms with Crippen LogP contribution in [0.25, 0.3) is 21.5 Å². The first-order valence-corrected chi connectivity index (χ1v) is 9.06. The Labute approximate surface area is 104 Å². The van der Waals surface area contributed by atoms with Gasteiger partial charge in [0.15, 0.2) is 0 Å². The average molecular weight is 236 g/mol. The molecule has 0 unspecified atom stereocenters. The largest absolute Gasteiger partial charge is 0.0682 e. The highest BCUT2D eigenvalue weighted by atomic mass is 28.3. The molecule has 0 aromatic heterocycles. The maximum Gasteiger partial charge on any atom is 0.0663 e. The van der Waals surface area contributed by atoms with Gasteiger partial charge < -0.3 is 0 Å². The summed E-state index contributed by atoms with van der Waals surface area (Å²) in [6, 6.07) is 19.9. The molecule has 3 aromatic rings. The summed E-state index contributed by atoms with van der Waals surface area (Å²) >= 11 is 0. The lowest BCUT2D eigenvalue weighted by Gasteiger charge is -2.13.